The van der Waals surface area contributed by atoms with Crippen LogP contribution in [0, 0.1) is 19.8 Å². The van der Waals surface area contributed by atoms with Crippen molar-refractivity contribution in [1.29, 1.82) is 0 Å². The molecule has 2 atom stereocenters. The second-order valence-corrected chi connectivity index (χ2v) is 5.96. The molecule has 1 aliphatic rings. The lowest BCUT2D eigenvalue weighted by Gasteiger charge is -2.15. The summed E-state index contributed by atoms with van der Waals surface area (Å²) < 4.78 is 0. The van der Waals surface area contributed by atoms with Gasteiger partial charge in [-0.2, -0.15) is 5.10 Å². The number of nitrogens with zero attached hydrogens (tertiary/aromatic N) is 3. The van der Waals surface area contributed by atoms with E-state index < -0.39 is 0 Å². The number of nitrogens with one attached hydrogen (secondary N) is 1. The van der Waals surface area contributed by atoms with Crippen molar-refractivity contribution >= 4 is 0 Å². The second kappa shape index (κ2) is 5.95. The molecular formula is C16H22N4O. The van der Waals surface area contributed by atoms with E-state index >= 15 is 0 Å². The minimum Gasteiger partial charge on any atom is -0.391 e. The zero-order valence-electron chi connectivity index (χ0n) is 12.6. The van der Waals surface area contributed by atoms with Crippen molar-refractivity contribution in [3.63, 3.8) is 0 Å². The van der Waals surface area contributed by atoms with Crippen molar-refractivity contribution in [2.75, 3.05) is 13.1 Å². The third-order valence-corrected chi connectivity index (χ3v) is 4.34. The summed E-state index contributed by atoms with van der Waals surface area (Å²) in [6.45, 7) is 6.55. The first-order chi connectivity index (χ1) is 10.1. The van der Waals surface area contributed by atoms with Crippen LogP contribution in [0.5, 0.6) is 0 Å². The number of aromatic nitrogens is 3. The number of likely N-dealkylation sites (tertiary alicyclic amines) is 1. The lowest BCUT2D eigenvalue weighted by Crippen LogP contribution is -2.22. The van der Waals surface area contributed by atoms with Crippen LogP contribution >= 0.6 is 0 Å². The highest BCUT2D eigenvalue weighted by atomic mass is 16.3. The van der Waals surface area contributed by atoms with Gasteiger partial charge in [-0.1, -0.05) is 6.07 Å². The van der Waals surface area contributed by atoms with Crippen molar-refractivity contribution in [2.45, 2.75) is 32.9 Å². The lowest BCUT2D eigenvalue weighted by molar-refractivity contribution is 0.140. The van der Waals surface area contributed by atoms with Gasteiger partial charge in [0.1, 0.15) is 0 Å². The number of hydrogen-bond donors (Lipinski definition) is 2. The fourth-order valence-electron chi connectivity index (χ4n) is 3.09. The van der Waals surface area contributed by atoms with Gasteiger partial charge >= 0.3 is 0 Å². The Balaban J connectivity index is 1.63. The molecule has 0 bridgehead atoms. The summed E-state index contributed by atoms with van der Waals surface area (Å²) in [7, 11) is 0. The second-order valence-electron chi connectivity index (χ2n) is 5.96. The average Bonchev–Trinajstić information content (AvgIpc) is 2.97. The van der Waals surface area contributed by atoms with Gasteiger partial charge in [0.15, 0.2) is 0 Å². The number of aliphatic hydroxyl groups excluding tert-OH is 1. The van der Waals surface area contributed by atoms with E-state index in [4.69, 9.17) is 0 Å². The SMILES string of the molecule is Cc1n[nH]c(C)c1CN1C[C@@H](Cc2ccccn2)[C@H](O)C1. The average molecular weight is 286 g/mol. The summed E-state index contributed by atoms with van der Waals surface area (Å²) in [4.78, 5) is 6.67. The quantitative estimate of drug-likeness (QED) is 0.893. The number of β-amino-alcohol motifs (C(OH)–C–C–N with tert-alkyl or cyclic N) is 1. The van der Waals surface area contributed by atoms with Crippen LogP contribution in [-0.2, 0) is 13.0 Å². The Bertz CT molecular complexity index is 576. The summed E-state index contributed by atoms with van der Waals surface area (Å²) in [6, 6.07) is 5.95. The fourth-order valence-corrected chi connectivity index (χ4v) is 3.09. The summed E-state index contributed by atoms with van der Waals surface area (Å²) in [5.74, 6) is 0.257. The molecule has 0 radical (unpaired) electrons. The molecule has 1 fully saturated rings. The van der Waals surface area contributed by atoms with Crippen LogP contribution in [0.25, 0.3) is 0 Å². The molecular weight excluding hydrogens is 264 g/mol. The van der Waals surface area contributed by atoms with Gasteiger partial charge in [-0.05, 0) is 32.4 Å². The van der Waals surface area contributed by atoms with Gasteiger partial charge in [0.2, 0.25) is 0 Å². The van der Waals surface area contributed by atoms with Crippen molar-refractivity contribution in [2.24, 2.45) is 5.92 Å². The maximum atomic E-state index is 10.3. The standard InChI is InChI=1S/C16H22N4O/c1-11-15(12(2)19-18-11)9-20-8-13(16(21)10-20)7-14-5-3-4-6-17-14/h3-6,13,16,21H,7-10H2,1-2H3,(H,18,19)/t13-,16-/m1/s1. The Labute approximate surface area is 125 Å². The van der Waals surface area contributed by atoms with Crippen LogP contribution in [-0.4, -0.2) is 44.4 Å². The van der Waals surface area contributed by atoms with Crippen molar-refractivity contribution in [1.82, 2.24) is 20.1 Å². The molecule has 5 nitrogen and oxygen atoms in total. The predicted octanol–water partition coefficient (Wildman–Crippen LogP) is 1.46. The van der Waals surface area contributed by atoms with E-state index in [0.29, 0.717) is 0 Å². The number of aliphatic hydroxyl groups is 1. The van der Waals surface area contributed by atoms with Crippen LogP contribution in [0.1, 0.15) is 22.6 Å². The molecule has 0 saturated carbocycles. The minimum atomic E-state index is -0.278. The van der Waals surface area contributed by atoms with Gasteiger partial charge in [-0.25, -0.2) is 0 Å². The monoisotopic (exact) mass is 286 g/mol. The Morgan fingerprint density at radius 2 is 2.19 bits per heavy atom. The van der Waals surface area contributed by atoms with Crippen LogP contribution in [0.3, 0.4) is 0 Å². The van der Waals surface area contributed by atoms with Crippen LogP contribution in [0.15, 0.2) is 24.4 Å². The molecule has 112 valence electrons. The highest BCUT2D eigenvalue weighted by molar-refractivity contribution is 5.23. The molecule has 1 saturated heterocycles. The third kappa shape index (κ3) is 3.14. The Morgan fingerprint density at radius 1 is 1.33 bits per heavy atom. The normalized spacial score (nSPS) is 22.8. The first-order valence-electron chi connectivity index (χ1n) is 7.44. The first-order valence-corrected chi connectivity index (χ1v) is 7.44. The van der Waals surface area contributed by atoms with Crippen LogP contribution in [0.4, 0.5) is 0 Å². The Morgan fingerprint density at radius 3 is 2.86 bits per heavy atom. The van der Waals surface area contributed by atoms with Gasteiger partial charge in [0.05, 0.1) is 11.8 Å². The molecule has 21 heavy (non-hydrogen) atoms. The van der Waals surface area contributed by atoms with E-state index in [1.54, 1.807) is 0 Å². The van der Waals surface area contributed by atoms with Gasteiger partial charge < -0.3 is 5.11 Å². The summed E-state index contributed by atoms with van der Waals surface area (Å²) in [5.41, 5.74) is 4.48. The van der Waals surface area contributed by atoms with E-state index in [1.165, 1.54) is 5.56 Å². The van der Waals surface area contributed by atoms with Crippen molar-refractivity contribution < 1.29 is 5.11 Å². The molecule has 0 spiro atoms. The Kier molecular flexibility index (Phi) is 4.03. The van der Waals surface area contributed by atoms with E-state index in [0.717, 1.165) is 43.1 Å². The smallest absolute Gasteiger partial charge is 0.0711 e. The van der Waals surface area contributed by atoms with Crippen LogP contribution < -0.4 is 0 Å². The summed E-state index contributed by atoms with van der Waals surface area (Å²) in [5, 5.41) is 17.6. The summed E-state index contributed by atoms with van der Waals surface area (Å²) >= 11 is 0. The van der Waals surface area contributed by atoms with Gasteiger partial charge in [0.25, 0.3) is 0 Å². The zero-order chi connectivity index (χ0) is 14.8. The lowest BCUT2D eigenvalue weighted by atomic mass is 10.00. The number of rotatable bonds is 4. The molecule has 5 heteroatoms. The third-order valence-electron chi connectivity index (χ3n) is 4.34. The first kappa shape index (κ1) is 14.2. The Hall–Kier alpha value is -1.72. The van der Waals surface area contributed by atoms with Gasteiger partial charge in [0, 0.05) is 48.7 Å². The minimum absolute atomic E-state index is 0.257. The molecule has 0 aromatic carbocycles. The number of H-pyrrole nitrogens is 1. The molecule has 1 aliphatic heterocycles. The molecule has 3 rings (SSSR count). The fraction of sp³-hybridized carbons (Fsp3) is 0.500. The topological polar surface area (TPSA) is 65.0 Å². The van der Waals surface area contributed by atoms with E-state index in [1.807, 2.05) is 38.2 Å². The largest absolute Gasteiger partial charge is 0.391 e. The number of aromatic amines is 1. The highest BCUT2D eigenvalue weighted by Gasteiger charge is 2.32. The van der Waals surface area contributed by atoms with E-state index in [2.05, 4.69) is 20.1 Å². The summed E-state index contributed by atoms with van der Waals surface area (Å²) in [6.07, 6.45) is 2.37. The molecule has 0 aliphatic carbocycles. The maximum Gasteiger partial charge on any atom is 0.0711 e. The van der Waals surface area contributed by atoms with Crippen molar-refractivity contribution in [3.8, 4) is 0 Å². The van der Waals surface area contributed by atoms with E-state index in [-0.39, 0.29) is 12.0 Å². The van der Waals surface area contributed by atoms with Crippen LogP contribution in [0.2, 0.25) is 0 Å². The molecule has 3 heterocycles. The highest BCUT2D eigenvalue weighted by Crippen LogP contribution is 2.23. The van der Waals surface area contributed by atoms with Crippen molar-refractivity contribution in [3.05, 3.63) is 47.0 Å². The molecule has 0 amide bonds. The predicted molar refractivity (Wildman–Crippen MR) is 80.8 cm³/mol. The van der Waals surface area contributed by atoms with Gasteiger partial charge in [-0.15, -0.1) is 0 Å². The molecule has 2 N–H and O–H groups in total. The van der Waals surface area contributed by atoms with E-state index in [9.17, 15) is 5.11 Å². The van der Waals surface area contributed by atoms with Gasteiger partial charge in [-0.3, -0.25) is 15.0 Å². The molecule has 0 unspecified atom stereocenters. The molecule has 2 aromatic heterocycles. The zero-order valence-corrected chi connectivity index (χ0v) is 12.6. The molecule has 2 aromatic rings. The maximum absolute atomic E-state index is 10.3. The number of hydrogen-bond acceptors (Lipinski definition) is 4. The number of aryl methyl sites for hydroxylation is 2. The number of pyridine rings is 1.